The van der Waals surface area contributed by atoms with Gasteiger partial charge in [0.05, 0.1) is 21.7 Å². The van der Waals surface area contributed by atoms with Crippen LogP contribution in [0.1, 0.15) is 5.56 Å². The van der Waals surface area contributed by atoms with Crippen LogP contribution in [-0.4, -0.2) is 24.6 Å². The molecule has 0 radical (unpaired) electrons. The van der Waals surface area contributed by atoms with Gasteiger partial charge in [0.1, 0.15) is 0 Å². The summed E-state index contributed by atoms with van der Waals surface area (Å²) in [5.41, 5.74) is 1.50. The summed E-state index contributed by atoms with van der Waals surface area (Å²) in [4.78, 5) is 9.15. The minimum Gasteiger partial charge on any atom is -0.227 e. The van der Waals surface area contributed by atoms with Gasteiger partial charge in [-0.15, -0.1) is 0 Å². The Bertz CT molecular complexity index is 1700. The smallest absolute Gasteiger partial charge is 0.227 e. The van der Waals surface area contributed by atoms with E-state index >= 15 is 0 Å². The van der Waals surface area contributed by atoms with Gasteiger partial charge in [0, 0.05) is 28.3 Å². The Morgan fingerprint density at radius 2 is 1.33 bits per heavy atom. The van der Waals surface area contributed by atoms with E-state index in [1.54, 1.807) is 78.9 Å². The summed E-state index contributed by atoms with van der Waals surface area (Å²) < 4.78 is 66.5. The number of alkyl halides is 3. The average molecular weight is 505 g/mol. The number of hydrogen-bond donors (Lipinski definition) is 0. The Morgan fingerprint density at radius 3 is 2.06 bits per heavy atom. The molecule has 0 fully saturated rings. The van der Waals surface area contributed by atoms with Crippen LogP contribution < -0.4 is 0 Å². The summed E-state index contributed by atoms with van der Waals surface area (Å²) >= 11 is 0. The second-order valence-electron chi connectivity index (χ2n) is 8.31. The minimum atomic E-state index is -4.60. The molecule has 5 aromatic rings. The molecule has 5 rings (SSSR count). The highest BCUT2D eigenvalue weighted by Gasteiger charge is 2.34. The van der Waals surface area contributed by atoms with Crippen LogP contribution in [0, 0.1) is 0 Å². The summed E-state index contributed by atoms with van der Waals surface area (Å²) in [6.45, 7) is 0. The molecule has 180 valence electrons. The number of sulfone groups is 1. The lowest BCUT2D eigenvalue weighted by molar-refractivity contribution is -0.136. The molecule has 1 aromatic heterocycles. The third kappa shape index (κ3) is 4.47. The normalized spacial score (nSPS) is 12.1. The molecule has 4 nitrogen and oxygen atoms in total. The Balaban J connectivity index is 1.80. The first-order chi connectivity index (χ1) is 17.1. The van der Waals surface area contributed by atoms with Crippen LogP contribution in [0.25, 0.3) is 44.7 Å². The number of nitrogens with zero attached hydrogens (tertiary/aromatic N) is 2. The number of rotatable bonds is 4. The summed E-state index contributed by atoms with van der Waals surface area (Å²) in [6, 6.07) is 26.3. The van der Waals surface area contributed by atoms with Gasteiger partial charge in [-0.25, -0.2) is 18.4 Å². The van der Waals surface area contributed by atoms with Crippen LogP contribution >= 0.6 is 0 Å². The molecular weight excluding hydrogens is 485 g/mol. The summed E-state index contributed by atoms with van der Waals surface area (Å²) in [5, 5.41) is 0.248. The molecule has 0 amide bonds. The molecule has 0 saturated carbocycles. The van der Waals surface area contributed by atoms with E-state index in [9.17, 15) is 21.6 Å². The molecule has 0 N–H and O–H groups in total. The molecule has 0 aliphatic carbocycles. The first-order valence-corrected chi connectivity index (χ1v) is 12.9. The van der Waals surface area contributed by atoms with Gasteiger partial charge >= 0.3 is 6.18 Å². The number of hydrogen-bond acceptors (Lipinski definition) is 4. The van der Waals surface area contributed by atoms with Crippen LogP contribution in [0.2, 0.25) is 0 Å². The van der Waals surface area contributed by atoms with E-state index in [1.807, 2.05) is 0 Å². The maximum Gasteiger partial charge on any atom is 0.418 e. The van der Waals surface area contributed by atoms with Gasteiger partial charge < -0.3 is 0 Å². The summed E-state index contributed by atoms with van der Waals surface area (Å²) in [6.07, 6.45) is -3.46. The monoisotopic (exact) mass is 504 g/mol. The van der Waals surface area contributed by atoms with Gasteiger partial charge in [-0.05, 0) is 23.8 Å². The SMILES string of the molecule is CS(=O)(=O)c1ccccc1-c1cccc(-c2nc(-c3ccccc3)nc3c(C(F)(F)F)cccc23)c1. The van der Waals surface area contributed by atoms with Gasteiger partial charge in [0.25, 0.3) is 0 Å². The van der Waals surface area contributed by atoms with Crippen LogP contribution in [-0.2, 0) is 16.0 Å². The molecule has 36 heavy (non-hydrogen) atoms. The van der Waals surface area contributed by atoms with Crippen molar-refractivity contribution in [2.45, 2.75) is 11.1 Å². The third-order valence-electron chi connectivity index (χ3n) is 5.80. The van der Waals surface area contributed by atoms with Crippen molar-refractivity contribution < 1.29 is 21.6 Å². The fourth-order valence-electron chi connectivity index (χ4n) is 4.18. The lowest BCUT2D eigenvalue weighted by Crippen LogP contribution is -2.08. The minimum absolute atomic E-state index is 0.164. The predicted octanol–water partition coefficient (Wildman–Crippen LogP) is 7.05. The van der Waals surface area contributed by atoms with Gasteiger partial charge in [-0.1, -0.05) is 78.9 Å². The van der Waals surface area contributed by atoms with Crippen molar-refractivity contribution in [1.29, 1.82) is 0 Å². The molecular formula is C28H19F3N2O2S. The fourth-order valence-corrected chi connectivity index (χ4v) is 5.09. The Morgan fingerprint density at radius 1 is 0.694 bits per heavy atom. The largest absolute Gasteiger partial charge is 0.418 e. The van der Waals surface area contributed by atoms with E-state index in [1.165, 1.54) is 12.1 Å². The summed E-state index contributed by atoms with van der Waals surface area (Å²) in [5.74, 6) is 0.164. The van der Waals surface area contributed by atoms with Crippen LogP contribution in [0.3, 0.4) is 0 Å². The van der Waals surface area contributed by atoms with Crippen molar-refractivity contribution in [2.75, 3.05) is 6.26 Å². The Hall–Kier alpha value is -4.04. The molecule has 0 bridgehead atoms. The number of benzene rings is 4. The maximum absolute atomic E-state index is 13.9. The molecule has 0 aliphatic heterocycles. The number of fused-ring (bicyclic) bond motifs is 1. The molecule has 0 saturated heterocycles. The van der Waals surface area contributed by atoms with Gasteiger partial charge in [0.2, 0.25) is 0 Å². The molecule has 8 heteroatoms. The molecule has 0 spiro atoms. The van der Waals surface area contributed by atoms with E-state index in [4.69, 9.17) is 0 Å². The van der Waals surface area contributed by atoms with Crippen LogP contribution in [0.5, 0.6) is 0 Å². The Kier molecular flexibility index (Phi) is 5.84. The third-order valence-corrected chi connectivity index (χ3v) is 6.95. The topological polar surface area (TPSA) is 59.9 Å². The average Bonchev–Trinajstić information content (AvgIpc) is 2.87. The zero-order valence-electron chi connectivity index (χ0n) is 19.0. The quantitative estimate of drug-likeness (QED) is 0.263. The highest BCUT2D eigenvalue weighted by Crippen LogP contribution is 2.38. The molecule has 0 unspecified atom stereocenters. The number of aromatic nitrogens is 2. The Labute approximate surface area is 206 Å². The van der Waals surface area contributed by atoms with E-state index in [0.29, 0.717) is 27.9 Å². The van der Waals surface area contributed by atoms with E-state index in [2.05, 4.69) is 9.97 Å². The lowest BCUT2D eigenvalue weighted by Gasteiger charge is -2.15. The highest BCUT2D eigenvalue weighted by atomic mass is 32.2. The molecule has 0 atom stereocenters. The first kappa shape index (κ1) is 23.7. The molecule has 4 aromatic carbocycles. The molecule has 1 heterocycles. The van der Waals surface area contributed by atoms with E-state index < -0.39 is 21.6 Å². The van der Waals surface area contributed by atoms with Crippen LogP contribution in [0.15, 0.2) is 102 Å². The first-order valence-electron chi connectivity index (χ1n) is 11.0. The fraction of sp³-hybridized carbons (Fsp3) is 0.0714. The predicted molar refractivity (Wildman–Crippen MR) is 134 cm³/mol. The number of para-hydroxylation sites is 1. The standard InChI is InChI=1S/C28H19F3N2O2S/c1-36(34,35)24-16-6-5-13-21(24)19-11-7-12-20(17-19)25-22-14-8-15-23(28(29,30)31)26(22)33-27(32-25)18-9-3-2-4-10-18/h2-17H,1H3. The zero-order chi connectivity index (χ0) is 25.5. The summed E-state index contributed by atoms with van der Waals surface area (Å²) in [7, 11) is -3.51. The van der Waals surface area contributed by atoms with Crippen molar-refractivity contribution in [3.8, 4) is 33.8 Å². The van der Waals surface area contributed by atoms with Crippen LogP contribution in [0.4, 0.5) is 13.2 Å². The van der Waals surface area contributed by atoms with Gasteiger partial charge in [-0.2, -0.15) is 13.2 Å². The van der Waals surface area contributed by atoms with Gasteiger partial charge in [-0.3, -0.25) is 0 Å². The molecule has 0 aliphatic rings. The highest BCUT2D eigenvalue weighted by molar-refractivity contribution is 7.90. The van der Waals surface area contributed by atoms with Crippen molar-refractivity contribution in [3.05, 3.63) is 103 Å². The maximum atomic E-state index is 13.9. The number of halogens is 3. The second kappa shape index (κ2) is 8.87. The van der Waals surface area contributed by atoms with E-state index in [0.717, 1.165) is 12.3 Å². The van der Waals surface area contributed by atoms with Crippen molar-refractivity contribution >= 4 is 20.7 Å². The lowest BCUT2D eigenvalue weighted by atomic mass is 9.98. The van der Waals surface area contributed by atoms with Gasteiger partial charge in [0.15, 0.2) is 15.7 Å². The van der Waals surface area contributed by atoms with Crippen molar-refractivity contribution in [1.82, 2.24) is 9.97 Å². The van der Waals surface area contributed by atoms with Crippen molar-refractivity contribution in [3.63, 3.8) is 0 Å². The van der Waals surface area contributed by atoms with Crippen molar-refractivity contribution in [2.24, 2.45) is 0 Å². The van der Waals surface area contributed by atoms with E-state index in [-0.39, 0.29) is 21.6 Å². The zero-order valence-corrected chi connectivity index (χ0v) is 19.8. The second-order valence-corrected chi connectivity index (χ2v) is 10.3.